The Labute approximate surface area is 126 Å². The van der Waals surface area contributed by atoms with Crippen LogP contribution in [-0.4, -0.2) is 6.04 Å². The molecule has 0 aliphatic heterocycles. The third-order valence-corrected chi connectivity index (χ3v) is 4.48. The van der Waals surface area contributed by atoms with E-state index in [2.05, 4.69) is 67.4 Å². The molecule has 2 aromatic rings. The average molecular weight is 288 g/mol. The Kier molecular flexibility index (Phi) is 5.21. The van der Waals surface area contributed by atoms with E-state index >= 15 is 0 Å². The number of hydrogen-bond donors (Lipinski definition) is 1. The number of nitrogens with zero attached hydrogens (tertiary/aromatic N) is 1. The van der Waals surface area contributed by atoms with E-state index in [0.29, 0.717) is 6.04 Å². The minimum Gasteiger partial charge on any atom is -0.364 e. The highest BCUT2D eigenvalue weighted by atomic mass is 32.1. The molecule has 1 aromatic heterocycles. The van der Waals surface area contributed by atoms with Crippen molar-refractivity contribution in [2.75, 3.05) is 4.90 Å². The van der Waals surface area contributed by atoms with E-state index in [1.54, 1.807) is 0 Å². The summed E-state index contributed by atoms with van der Waals surface area (Å²) in [7, 11) is 0. The minimum atomic E-state index is 0.147. The summed E-state index contributed by atoms with van der Waals surface area (Å²) >= 11 is 1.81. The Morgan fingerprint density at radius 2 is 1.85 bits per heavy atom. The van der Waals surface area contributed by atoms with E-state index in [1.807, 2.05) is 11.3 Å². The molecule has 1 unspecified atom stereocenters. The fourth-order valence-electron chi connectivity index (χ4n) is 2.29. The van der Waals surface area contributed by atoms with Crippen LogP contribution in [0.25, 0.3) is 0 Å². The van der Waals surface area contributed by atoms with Crippen molar-refractivity contribution in [1.82, 2.24) is 0 Å². The highest BCUT2D eigenvalue weighted by Crippen LogP contribution is 2.24. The molecule has 2 N–H and O–H groups in total. The summed E-state index contributed by atoms with van der Waals surface area (Å²) in [4.78, 5) is 3.82. The maximum Gasteiger partial charge on any atom is 0.0525 e. The molecule has 0 spiro atoms. The zero-order valence-corrected chi connectivity index (χ0v) is 13.4. The Hall–Kier alpha value is -1.32. The molecule has 0 aliphatic carbocycles. The van der Waals surface area contributed by atoms with Crippen molar-refractivity contribution in [2.24, 2.45) is 5.73 Å². The second-order valence-electron chi connectivity index (χ2n) is 5.41. The first-order valence-electron chi connectivity index (χ1n) is 7.26. The molecular formula is C17H24N2S. The van der Waals surface area contributed by atoms with Crippen molar-refractivity contribution < 1.29 is 0 Å². The van der Waals surface area contributed by atoms with Gasteiger partial charge >= 0.3 is 0 Å². The fourth-order valence-corrected chi connectivity index (χ4v) is 2.99. The summed E-state index contributed by atoms with van der Waals surface area (Å²) in [5.74, 6) is 0. The van der Waals surface area contributed by atoms with Gasteiger partial charge in [-0.1, -0.05) is 25.1 Å². The molecule has 0 bridgehead atoms. The maximum atomic E-state index is 6.08. The Morgan fingerprint density at radius 1 is 1.15 bits per heavy atom. The minimum absolute atomic E-state index is 0.147. The molecule has 2 nitrogen and oxygen atoms in total. The van der Waals surface area contributed by atoms with Gasteiger partial charge in [0.1, 0.15) is 0 Å². The van der Waals surface area contributed by atoms with Crippen molar-refractivity contribution in [2.45, 2.75) is 45.8 Å². The van der Waals surface area contributed by atoms with Gasteiger partial charge in [0.05, 0.1) is 6.54 Å². The van der Waals surface area contributed by atoms with Crippen molar-refractivity contribution in [3.8, 4) is 0 Å². The van der Waals surface area contributed by atoms with Crippen LogP contribution in [0.15, 0.2) is 41.8 Å². The summed E-state index contributed by atoms with van der Waals surface area (Å²) < 4.78 is 0. The van der Waals surface area contributed by atoms with Crippen LogP contribution in [0.4, 0.5) is 5.69 Å². The van der Waals surface area contributed by atoms with Crippen LogP contribution >= 0.6 is 11.3 Å². The van der Waals surface area contributed by atoms with Crippen LogP contribution in [0.1, 0.15) is 43.7 Å². The Morgan fingerprint density at radius 3 is 2.35 bits per heavy atom. The number of anilines is 1. The van der Waals surface area contributed by atoms with Gasteiger partial charge < -0.3 is 10.6 Å². The van der Waals surface area contributed by atoms with E-state index < -0.39 is 0 Å². The highest BCUT2D eigenvalue weighted by Gasteiger charge is 2.12. The molecule has 0 fully saturated rings. The van der Waals surface area contributed by atoms with E-state index in [9.17, 15) is 0 Å². The van der Waals surface area contributed by atoms with Gasteiger partial charge in [-0.25, -0.2) is 0 Å². The van der Waals surface area contributed by atoms with Crippen LogP contribution in [0.3, 0.4) is 0 Å². The summed E-state index contributed by atoms with van der Waals surface area (Å²) in [6.45, 7) is 7.56. The van der Waals surface area contributed by atoms with Gasteiger partial charge in [0, 0.05) is 22.6 Å². The molecule has 20 heavy (non-hydrogen) atoms. The number of benzene rings is 1. The Balaban J connectivity index is 2.17. The summed E-state index contributed by atoms with van der Waals surface area (Å²) in [6.07, 6.45) is 0.975. The molecule has 0 saturated carbocycles. The van der Waals surface area contributed by atoms with Crippen molar-refractivity contribution in [1.29, 1.82) is 0 Å². The predicted octanol–water partition coefficient (Wildman–Crippen LogP) is 4.57. The third-order valence-electron chi connectivity index (χ3n) is 3.62. The lowest BCUT2D eigenvalue weighted by molar-refractivity contribution is 0.682. The van der Waals surface area contributed by atoms with Crippen LogP contribution in [-0.2, 0) is 6.54 Å². The summed E-state index contributed by atoms with van der Waals surface area (Å²) in [5.41, 5.74) is 8.56. The van der Waals surface area contributed by atoms with Gasteiger partial charge in [0.15, 0.2) is 0 Å². The topological polar surface area (TPSA) is 29.3 Å². The predicted molar refractivity (Wildman–Crippen MR) is 89.3 cm³/mol. The first-order chi connectivity index (χ1) is 9.61. The molecule has 0 amide bonds. The van der Waals surface area contributed by atoms with Crippen molar-refractivity contribution in [3.63, 3.8) is 0 Å². The molecule has 1 atom stereocenters. The molecule has 1 heterocycles. The van der Waals surface area contributed by atoms with Gasteiger partial charge in [0.2, 0.25) is 0 Å². The van der Waals surface area contributed by atoms with Crippen LogP contribution in [0.2, 0.25) is 0 Å². The number of thiophene rings is 1. The van der Waals surface area contributed by atoms with Gasteiger partial charge in [-0.3, -0.25) is 0 Å². The first-order valence-corrected chi connectivity index (χ1v) is 8.14. The van der Waals surface area contributed by atoms with Crippen LogP contribution < -0.4 is 10.6 Å². The first kappa shape index (κ1) is 15.1. The summed E-state index contributed by atoms with van der Waals surface area (Å²) in [6, 6.07) is 13.6. The van der Waals surface area contributed by atoms with Gasteiger partial charge in [0.25, 0.3) is 0 Å². The molecule has 0 radical (unpaired) electrons. The van der Waals surface area contributed by atoms with Crippen molar-refractivity contribution >= 4 is 17.0 Å². The largest absolute Gasteiger partial charge is 0.364 e. The zero-order chi connectivity index (χ0) is 14.5. The van der Waals surface area contributed by atoms with E-state index in [-0.39, 0.29) is 6.04 Å². The molecule has 108 valence electrons. The number of nitrogens with two attached hydrogens (primary N) is 1. The van der Waals surface area contributed by atoms with Gasteiger partial charge in [-0.15, -0.1) is 11.3 Å². The molecule has 0 saturated heterocycles. The summed E-state index contributed by atoms with van der Waals surface area (Å²) in [5, 5.41) is 2.14. The molecule has 2 rings (SSSR count). The third kappa shape index (κ3) is 3.62. The van der Waals surface area contributed by atoms with Gasteiger partial charge in [-0.2, -0.15) is 0 Å². The fraction of sp³-hybridized carbons (Fsp3) is 0.412. The number of hydrogen-bond acceptors (Lipinski definition) is 3. The molecule has 1 aromatic carbocycles. The smallest absolute Gasteiger partial charge is 0.0525 e. The average Bonchev–Trinajstić information content (AvgIpc) is 2.97. The quantitative estimate of drug-likeness (QED) is 0.843. The lowest BCUT2D eigenvalue weighted by atomic mass is 10.0. The van der Waals surface area contributed by atoms with Crippen LogP contribution in [0, 0.1) is 0 Å². The normalized spacial score (nSPS) is 12.7. The maximum absolute atomic E-state index is 6.08. The van der Waals surface area contributed by atoms with Crippen molar-refractivity contribution in [3.05, 3.63) is 52.2 Å². The van der Waals surface area contributed by atoms with E-state index in [4.69, 9.17) is 5.73 Å². The zero-order valence-electron chi connectivity index (χ0n) is 12.5. The van der Waals surface area contributed by atoms with Gasteiger partial charge in [-0.05, 0) is 49.4 Å². The lowest BCUT2D eigenvalue weighted by Gasteiger charge is -2.29. The molecule has 3 heteroatoms. The number of rotatable bonds is 6. The van der Waals surface area contributed by atoms with Crippen LogP contribution in [0.5, 0.6) is 0 Å². The van der Waals surface area contributed by atoms with E-state index in [0.717, 1.165) is 13.0 Å². The SMILES string of the molecule is CCC(N)c1ccc(N(Cc2cccs2)C(C)C)cc1. The van der Waals surface area contributed by atoms with E-state index in [1.165, 1.54) is 16.1 Å². The molecular weight excluding hydrogens is 264 g/mol. The molecule has 0 aliphatic rings. The monoisotopic (exact) mass is 288 g/mol. The highest BCUT2D eigenvalue weighted by molar-refractivity contribution is 7.09. The Bertz CT molecular complexity index is 502. The second kappa shape index (κ2) is 6.91. The standard InChI is InChI=1S/C17H24N2S/c1-4-17(18)14-7-9-15(10-8-14)19(13(2)3)12-16-6-5-11-20-16/h5-11,13,17H,4,12,18H2,1-3H3. The lowest BCUT2D eigenvalue weighted by Crippen LogP contribution is -2.29. The second-order valence-corrected chi connectivity index (χ2v) is 6.44.